The zero-order valence-electron chi connectivity index (χ0n) is 15.6. The number of benzene rings is 2. The number of carbonyl (C=O) groups excluding carboxylic acids is 1. The van der Waals surface area contributed by atoms with Crippen LogP contribution in [0.15, 0.2) is 71.1 Å². The van der Waals surface area contributed by atoms with Crippen LogP contribution in [0.4, 0.5) is 10.8 Å². The van der Waals surface area contributed by atoms with Crippen LogP contribution in [0.1, 0.15) is 18.2 Å². The maximum absolute atomic E-state index is 12.2. The SMILES string of the molecule is CC(=O)N(c1ccccc1)c1nc(CSc2cc(C)c3ccccc3n2)cs1. The Balaban J connectivity index is 1.53. The molecule has 2 aromatic carbocycles. The molecule has 4 nitrogen and oxygen atoms in total. The van der Waals surface area contributed by atoms with Gasteiger partial charge in [-0.25, -0.2) is 9.97 Å². The van der Waals surface area contributed by atoms with Crippen molar-refractivity contribution >= 4 is 50.7 Å². The van der Waals surface area contributed by atoms with Crippen molar-refractivity contribution in [2.75, 3.05) is 4.90 Å². The largest absolute Gasteiger partial charge is 0.274 e. The van der Waals surface area contributed by atoms with Gasteiger partial charge in [-0.1, -0.05) is 48.2 Å². The van der Waals surface area contributed by atoms with Crippen molar-refractivity contribution in [3.05, 3.63) is 77.3 Å². The van der Waals surface area contributed by atoms with E-state index >= 15 is 0 Å². The summed E-state index contributed by atoms with van der Waals surface area (Å²) in [5.41, 5.74) is 4.00. The minimum absolute atomic E-state index is 0.0495. The number of pyridine rings is 1. The number of nitrogens with zero attached hydrogens (tertiary/aromatic N) is 3. The van der Waals surface area contributed by atoms with Gasteiger partial charge >= 0.3 is 0 Å². The summed E-state index contributed by atoms with van der Waals surface area (Å²) in [6.07, 6.45) is 0. The summed E-state index contributed by atoms with van der Waals surface area (Å²) in [5, 5.41) is 4.87. The number of fused-ring (bicyclic) bond motifs is 1. The summed E-state index contributed by atoms with van der Waals surface area (Å²) in [4.78, 5) is 23.2. The van der Waals surface area contributed by atoms with Crippen molar-refractivity contribution in [2.45, 2.75) is 24.6 Å². The Morgan fingerprint density at radius 2 is 1.82 bits per heavy atom. The Bertz CT molecular complexity index is 1130. The molecular formula is C22H19N3OS2. The molecule has 4 aromatic rings. The molecule has 0 spiro atoms. The minimum Gasteiger partial charge on any atom is -0.274 e. The van der Waals surface area contributed by atoms with E-state index in [1.165, 1.54) is 22.3 Å². The van der Waals surface area contributed by atoms with Gasteiger partial charge in [-0.15, -0.1) is 11.3 Å². The van der Waals surface area contributed by atoms with Crippen LogP contribution in [-0.4, -0.2) is 15.9 Å². The fourth-order valence-corrected chi connectivity index (χ4v) is 4.87. The summed E-state index contributed by atoms with van der Waals surface area (Å²) in [7, 11) is 0. The second kappa shape index (κ2) is 8.12. The first-order valence-corrected chi connectivity index (χ1v) is 10.8. The average Bonchev–Trinajstić information content (AvgIpc) is 3.15. The maximum atomic E-state index is 12.2. The van der Waals surface area contributed by atoms with Crippen molar-refractivity contribution in [3.8, 4) is 0 Å². The fourth-order valence-electron chi connectivity index (χ4n) is 3.01. The molecule has 2 heterocycles. The molecule has 4 rings (SSSR count). The Labute approximate surface area is 172 Å². The highest BCUT2D eigenvalue weighted by Crippen LogP contribution is 2.31. The van der Waals surface area contributed by atoms with E-state index in [1.807, 2.05) is 53.9 Å². The summed E-state index contributed by atoms with van der Waals surface area (Å²) >= 11 is 3.14. The van der Waals surface area contributed by atoms with E-state index in [0.717, 1.165) is 21.9 Å². The predicted molar refractivity (Wildman–Crippen MR) is 117 cm³/mol. The molecule has 0 N–H and O–H groups in total. The van der Waals surface area contributed by atoms with E-state index in [4.69, 9.17) is 4.98 Å². The Hall–Kier alpha value is -2.70. The monoisotopic (exact) mass is 405 g/mol. The van der Waals surface area contributed by atoms with E-state index < -0.39 is 0 Å². The molecule has 2 aromatic heterocycles. The minimum atomic E-state index is -0.0495. The zero-order valence-corrected chi connectivity index (χ0v) is 17.3. The third kappa shape index (κ3) is 3.93. The normalized spacial score (nSPS) is 10.9. The number of aryl methyl sites for hydroxylation is 1. The third-order valence-corrected chi connectivity index (χ3v) is 6.15. The Kier molecular flexibility index (Phi) is 5.41. The third-order valence-electron chi connectivity index (χ3n) is 4.33. The van der Waals surface area contributed by atoms with E-state index in [9.17, 15) is 4.79 Å². The number of anilines is 2. The highest BCUT2D eigenvalue weighted by Gasteiger charge is 2.17. The number of amides is 1. The predicted octanol–water partition coefficient (Wildman–Crippen LogP) is 5.98. The number of hydrogen-bond acceptors (Lipinski definition) is 5. The van der Waals surface area contributed by atoms with Crippen molar-refractivity contribution in [3.63, 3.8) is 0 Å². The Morgan fingerprint density at radius 3 is 2.61 bits per heavy atom. The second-order valence-electron chi connectivity index (χ2n) is 6.39. The van der Waals surface area contributed by atoms with E-state index in [0.29, 0.717) is 10.9 Å². The number of hydrogen-bond donors (Lipinski definition) is 0. The lowest BCUT2D eigenvalue weighted by Gasteiger charge is -2.17. The molecule has 0 unspecified atom stereocenters. The first kappa shape index (κ1) is 18.7. The van der Waals surface area contributed by atoms with Gasteiger partial charge in [-0.2, -0.15) is 0 Å². The smallest absolute Gasteiger partial charge is 0.230 e. The van der Waals surface area contributed by atoms with Crippen LogP contribution in [0, 0.1) is 6.92 Å². The topological polar surface area (TPSA) is 46.1 Å². The molecule has 0 bridgehead atoms. The van der Waals surface area contributed by atoms with Gasteiger partial charge in [-0.05, 0) is 36.8 Å². The van der Waals surface area contributed by atoms with Crippen molar-refractivity contribution in [1.82, 2.24) is 9.97 Å². The van der Waals surface area contributed by atoms with Crippen molar-refractivity contribution < 1.29 is 4.79 Å². The molecular weight excluding hydrogens is 386 g/mol. The van der Waals surface area contributed by atoms with Gasteiger partial charge in [-0.3, -0.25) is 9.69 Å². The fraction of sp³-hybridized carbons (Fsp3) is 0.136. The van der Waals surface area contributed by atoms with Crippen LogP contribution >= 0.6 is 23.1 Å². The van der Waals surface area contributed by atoms with Gasteiger partial charge in [0.15, 0.2) is 5.13 Å². The molecule has 0 saturated carbocycles. The molecule has 0 atom stereocenters. The lowest BCUT2D eigenvalue weighted by atomic mass is 10.1. The van der Waals surface area contributed by atoms with E-state index in [1.54, 1.807) is 23.6 Å². The molecule has 0 fully saturated rings. The number of rotatable bonds is 5. The molecule has 6 heteroatoms. The van der Waals surface area contributed by atoms with E-state index in [-0.39, 0.29) is 5.91 Å². The number of carbonyl (C=O) groups is 1. The summed E-state index contributed by atoms with van der Waals surface area (Å²) in [5.74, 6) is 0.661. The molecule has 140 valence electrons. The van der Waals surface area contributed by atoms with Crippen LogP contribution in [0.5, 0.6) is 0 Å². The molecule has 0 aliphatic rings. The Morgan fingerprint density at radius 1 is 1.07 bits per heavy atom. The average molecular weight is 406 g/mol. The lowest BCUT2D eigenvalue weighted by molar-refractivity contribution is -0.115. The second-order valence-corrected chi connectivity index (χ2v) is 8.23. The molecule has 0 radical (unpaired) electrons. The number of thioether (sulfide) groups is 1. The van der Waals surface area contributed by atoms with Crippen LogP contribution in [0.3, 0.4) is 0 Å². The molecule has 1 amide bonds. The van der Waals surface area contributed by atoms with Crippen LogP contribution in [0.2, 0.25) is 0 Å². The van der Waals surface area contributed by atoms with Gasteiger partial charge in [0.05, 0.1) is 21.9 Å². The maximum Gasteiger partial charge on any atom is 0.230 e. The molecule has 0 aliphatic heterocycles. The van der Waals surface area contributed by atoms with E-state index in [2.05, 4.69) is 24.0 Å². The first-order chi connectivity index (χ1) is 13.6. The highest BCUT2D eigenvalue weighted by molar-refractivity contribution is 7.98. The quantitative estimate of drug-likeness (QED) is 0.383. The summed E-state index contributed by atoms with van der Waals surface area (Å²) in [6, 6.07) is 19.9. The van der Waals surface area contributed by atoms with Crippen LogP contribution in [0.25, 0.3) is 10.9 Å². The standard InChI is InChI=1S/C22H19N3OS2/c1-15-12-21(24-20-11-7-6-10-19(15)20)27-13-17-14-28-22(23-17)25(16(2)26)18-8-4-3-5-9-18/h3-12,14H,13H2,1-2H3. The first-order valence-electron chi connectivity index (χ1n) is 8.91. The molecule has 0 saturated heterocycles. The molecule has 0 aliphatic carbocycles. The van der Waals surface area contributed by atoms with Gasteiger partial charge in [0, 0.05) is 23.4 Å². The number of thiazole rings is 1. The van der Waals surface area contributed by atoms with Crippen LogP contribution < -0.4 is 4.90 Å². The zero-order chi connectivity index (χ0) is 19.5. The van der Waals surface area contributed by atoms with Gasteiger partial charge in [0.2, 0.25) is 5.91 Å². The highest BCUT2D eigenvalue weighted by atomic mass is 32.2. The summed E-state index contributed by atoms with van der Waals surface area (Å²) < 4.78 is 0. The van der Waals surface area contributed by atoms with Gasteiger partial charge in [0.1, 0.15) is 0 Å². The number of aromatic nitrogens is 2. The van der Waals surface area contributed by atoms with Crippen LogP contribution in [-0.2, 0) is 10.5 Å². The van der Waals surface area contributed by atoms with Gasteiger partial charge < -0.3 is 0 Å². The van der Waals surface area contributed by atoms with Crippen molar-refractivity contribution in [1.29, 1.82) is 0 Å². The van der Waals surface area contributed by atoms with Gasteiger partial charge in [0.25, 0.3) is 0 Å². The summed E-state index contributed by atoms with van der Waals surface area (Å²) in [6.45, 7) is 3.67. The lowest BCUT2D eigenvalue weighted by Crippen LogP contribution is -2.22. The number of para-hydroxylation sites is 2. The molecule has 28 heavy (non-hydrogen) atoms. The van der Waals surface area contributed by atoms with Crippen molar-refractivity contribution in [2.24, 2.45) is 0 Å².